The highest BCUT2D eigenvalue weighted by atomic mass is 32.1. The molecule has 184 valence electrons. The molecule has 2 aliphatic rings. The number of benzene rings is 1. The summed E-state index contributed by atoms with van der Waals surface area (Å²) in [7, 11) is 0. The standard InChI is InChI=1S/C27H32N4O3S/c1-20-26(35-19-29-20)6-7-27(32)31-13-14-33-25-5-4-21(15-22(25)18-31)17-30-11-8-23(9-12-30)34-24-3-2-10-28-16-24/h2-5,10,15-16,19,23H,6-9,11-14,17-18H2,1H3. The first-order valence-corrected chi connectivity index (χ1v) is 13.2. The van der Waals surface area contributed by atoms with Gasteiger partial charge in [-0.2, -0.15) is 0 Å². The number of amides is 1. The molecule has 0 saturated carbocycles. The first-order chi connectivity index (χ1) is 17.1. The first kappa shape index (κ1) is 23.8. The third kappa shape index (κ3) is 6.18. The van der Waals surface area contributed by atoms with Crippen molar-refractivity contribution in [1.82, 2.24) is 19.8 Å². The largest absolute Gasteiger partial charge is 0.491 e. The van der Waals surface area contributed by atoms with E-state index in [1.54, 1.807) is 23.7 Å². The molecule has 8 heteroatoms. The fourth-order valence-electron chi connectivity index (χ4n) is 4.76. The second-order valence-corrected chi connectivity index (χ2v) is 10.2. The number of piperidine rings is 1. The number of hydrogen-bond donors (Lipinski definition) is 0. The van der Waals surface area contributed by atoms with Gasteiger partial charge < -0.3 is 14.4 Å². The summed E-state index contributed by atoms with van der Waals surface area (Å²) in [5, 5.41) is 0. The van der Waals surface area contributed by atoms with E-state index in [1.165, 1.54) is 10.4 Å². The van der Waals surface area contributed by atoms with Gasteiger partial charge in [-0.05, 0) is 56.0 Å². The number of rotatable bonds is 7. The molecule has 3 aromatic rings. The Hall–Kier alpha value is -2.97. The molecule has 0 radical (unpaired) electrons. The van der Waals surface area contributed by atoms with Gasteiger partial charge in [0.1, 0.15) is 24.2 Å². The minimum Gasteiger partial charge on any atom is -0.491 e. The van der Waals surface area contributed by atoms with Crippen LogP contribution in [0, 0.1) is 6.92 Å². The molecule has 4 heterocycles. The number of thiazole rings is 1. The van der Waals surface area contributed by atoms with Gasteiger partial charge in [0.25, 0.3) is 0 Å². The number of aryl methyl sites for hydroxylation is 2. The minimum atomic E-state index is 0.176. The van der Waals surface area contributed by atoms with Crippen LogP contribution in [-0.2, 0) is 24.3 Å². The van der Waals surface area contributed by atoms with Crippen molar-refractivity contribution in [3.63, 3.8) is 0 Å². The molecule has 1 fully saturated rings. The summed E-state index contributed by atoms with van der Waals surface area (Å²) in [4.78, 5) is 27.0. The van der Waals surface area contributed by atoms with Crippen LogP contribution in [0.4, 0.5) is 0 Å². The second kappa shape index (κ2) is 11.2. The maximum atomic E-state index is 13.0. The molecule has 0 bridgehead atoms. The van der Waals surface area contributed by atoms with Crippen LogP contribution in [0.2, 0.25) is 0 Å². The number of hydrogen-bond acceptors (Lipinski definition) is 7. The lowest BCUT2D eigenvalue weighted by atomic mass is 10.0. The van der Waals surface area contributed by atoms with E-state index >= 15 is 0 Å². The average molecular weight is 493 g/mol. The van der Waals surface area contributed by atoms with Gasteiger partial charge in [-0.25, -0.2) is 4.98 Å². The van der Waals surface area contributed by atoms with E-state index in [-0.39, 0.29) is 12.0 Å². The Morgan fingerprint density at radius 1 is 1.23 bits per heavy atom. The van der Waals surface area contributed by atoms with Gasteiger partial charge in [0, 0.05) is 49.2 Å². The Morgan fingerprint density at radius 2 is 2.11 bits per heavy atom. The van der Waals surface area contributed by atoms with E-state index in [0.717, 1.165) is 61.7 Å². The number of aromatic nitrogens is 2. The van der Waals surface area contributed by atoms with Crippen LogP contribution in [-0.4, -0.2) is 58.0 Å². The third-order valence-electron chi connectivity index (χ3n) is 6.75. The molecule has 1 saturated heterocycles. The molecule has 2 aliphatic heterocycles. The van der Waals surface area contributed by atoms with Crippen LogP contribution in [0.1, 0.15) is 41.0 Å². The number of fused-ring (bicyclic) bond motifs is 1. The Morgan fingerprint density at radius 3 is 2.89 bits per heavy atom. The Balaban J connectivity index is 1.15. The highest BCUT2D eigenvalue weighted by Gasteiger charge is 2.23. The zero-order chi connectivity index (χ0) is 24.0. The van der Waals surface area contributed by atoms with Crippen LogP contribution in [0.3, 0.4) is 0 Å². The topological polar surface area (TPSA) is 67.8 Å². The zero-order valence-electron chi connectivity index (χ0n) is 20.2. The van der Waals surface area contributed by atoms with Crippen molar-refractivity contribution in [3.05, 3.63) is 69.9 Å². The molecule has 2 aromatic heterocycles. The molecule has 1 amide bonds. The van der Waals surface area contributed by atoms with Crippen molar-refractivity contribution in [2.75, 3.05) is 26.2 Å². The summed E-state index contributed by atoms with van der Waals surface area (Å²) in [6.45, 7) is 6.65. The lowest BCUT2D eigenvalue weighted by Crippen LogP contribution is -2.37. The lowest BCUT2D eigenvalue weighted by Gasteiger charge is -2.32. The van der Waals surface area contributed by atoms with Crippen molar-refractivity contribution in [3.8, 4) is 11.5 Å². The van der Waals surface area contributed by atoms with Crippen molar-refractivity contribution in [2.45, 2.75) is 51.8 Å². The van der Waals surface area contributed by atoms with Crippen LogP contribution >= 0.6 is 11.3 Å². The minimum absolute atomic E-state index is 0.176. The van der Waals surface area contributed by atoms with E-state index in [1.807, 2.05) is 29.5 Å². The summed E-state index contributed by atoms with van der Waals surface area (Å²) in [5.74, 6) is 1.92. The lowest BCUT2D eigenvalue weighted by molar-refractivity contribution is -0.131. The van der Waals surface area contributed by atoms with Gasteiger partial charge in [-0.3, -0.25) is 14.7 Å². The molecule has 0 spiro atoms. The van der Waals surface area contributed by atoms with E-state index in [4.69, 9.17) is 9.47 Å². The number of likely N-dealkylation sites (tertiary alicyclic amines) is 1. The van der Waals surface area contributed by atoms with Crippen molar-refractivity contribution in [1.29, 1.82) is 0 Å². The molecule has 0 unspecified atom stereocenters. The van der Waals surface area contributed by atoms with E-state index in [0.29, 0.717) is 26.1 Å². The fourth-order valence-corrected chi connectivity index (χ4v) is 5.54. The number of carbonyl (C=O) groups excluding carboxylic acids is 1. The van der Waals surface area contributed by atoms with Crippen LogP contribution in [0.25, 0.3) is 0 Å². The van der Waals surface area contributed by atoms with E-state index < -0.39 is 0 Å². The third-order valence-corrected chi connectivity index (χ3v) is 7.74. The van der Waals surface area contributed by atoms with Gasteiger partial charge in [-0.1, -0.05) is 6.07 Å². The van der Waals surface area contributed by atoms with Crippen LogP contribution in [0.15, 0.2) is 48.2 Å². The maximum Gasteiger partial charge on any atom is 0.223 e. The molecule has 5 rings (SSSR count). The van der Waals surface area contributed by atoms with Crippen molar-refractivity contribution >= 4 is 17.2 Å². The fraction of sp³-hybridized carbons (Fsp3) is 0.444. The molecule has 0 aliphatic carbocycles. The highest BCUT2D eigenvalue weighted by Crippen LogP contribution is 2.27. The van der Waals surface area contributed by atoms with Crippen LogP contribution in [0.5, 0.6) is 11.5 Å². The van der Waals surface area contributed by atoms with E-state index in [2.05, 4.69) is 33.1 Å². The zero-order valence-corrected chi connectivity index (χ0v) is 21.0. The SMILES string of the molecule is Cc1ncsc1CCC(=O)N1CCOc2ccc(CN3CCC(Oc4cccnc4)CC3)cc2C1. The quantitative estimate of drug-likeness (QED) is 0.491. The summed E-state index contributed by atoms with van der Waals surface area (Å²) in [5.41, 5.74) is 5.23. The molecule has 0 atom stereocenters. The van der Waals surface area contributed by atoms with Gasteiger partial charge in [-0.15, -0.1) is 11.3 Å². The summed E-state index contributed by atoms with van der Waals surface area (Å²) in [6.07, 6.45) is 7.05. The predicted octanol–water partition coefficient (Wildman–Crippen LogP) is 4.24. The molecule has 7 nitrogen and oxygen atoms in total. The summed E-state index contributed by atoms with van der Waals surface area (Å²) < 4.78 is 12.1. The van der Waals surface area contributed by atoms with Gasteiger partial charge in [0.2, 0.25) is 5.91 Å². The number of nitrogens with zero attached hydrogens (tertiary/aromatic N) is 4. The van der Waals surface area contributed by atoms with Crippen molar-refractivity contribution < 1.29 is 14.3 Å². The van der Waals surface area contributed by atoms with Gasteiger partial charge in [0.15, 0.2) is 0 Å². The summed E-state index contributed by atoms with van der Waals surface area (Å²) in [6, 6.07) is 10.3. The normalized spacial score (nSPS) is 16.9. The molecule has 0 N–H and O–H groups in total. The van der Waals surface area contributed by atoms with Gasteiger partial charge in [0.05, 0.1) is 23.9 Å². The number of ether oxygens (including phenoxy) is 2. The van der Waals surface area contributed by atoms with Crippen LogP contribution < -0.4 is 9.47 Å². The molecule has 1 aromatic carbocycles. The monoisotopic (exact) mass is 492 g/mol. The Labute approximate surface area is 210 Å². The molecular weight excluding hydrogens is 460 g/mol. The number of pyridine rings is 1. The second-order valence-electron chi connectivity index (χ2n) is 9.25. The summed E-state index contributed by atoms with van der Waals surface area (Å²) >= 11 is 1.63. The smallest absolute Gasteiger partial charge is 0.223 e. The first-order valence-electron chi connectivity index (χ1n) is 12.3. The molecule has 35 heavy (non-hydrogen) atoms. The molecular formula is C27H32N4O3S. The number of carbonyl (C=O) groups is 1. The Kier molecular flexibility index (Phi) is 7.59. The van der Waals surface area contributed by atoms with Gasteiger partial charge >= 0.3 is 0 Å². The Bertz CT molecular complexity index is 1130. The maximum absolute atomic E-state index is 13.0. The van der Waals surface area contributed by atoms with E-state index in [9.17, 15) is 4.79 Å². The average Bonchev–Trinajstić information content (AvgIpc) is 3.16. The highest BCUT2D eigenvalue weighted by molar-refractivity contribution is 7.09. The van der Waals surface area contributed by atoms with Crippen molar-refractivity contribution in [2.24, 2.45) is 0 Å². The predicted molar refractivity (Wildman–Crippen MR) is 136 cm³/mol.